The summed E-state index contributed by atoms with van der Waals surface area (Å²) in [6, 6.07) is 4.20. The molecule has 25 heavy (non-hydrogen) atoms. The molecule has 0 spiro atoms. The fourth-order valence-electron chi connectivity index (χ4n) is 2.54. The molecule has 1 aliphatic heterocycles. The number of nitrogens with zero attached hydrogens (tertiary/aromatic N) is 5. The van der Waals surface area contributed by atoms with Crippen molar-refractivity contribution in [1.82, 2.24) is 24.7 Å². The van der Waals surface area contributed by atoms with Crippen LogP contribution in [0.3, 0.4) is 0 Å². The van der Waals surface area contributed by atoms with Gasteiger partial charge in [0.1, 0.15) is 5.69 Å². The summed E-state index contributed by atoms with van der Waals surface area (Å²) in [4.78, 5) is 26.8. The van der Waals surface area contributed by atoms with Crippen molar-refractivity contribution in [2.75, 3.05) is 19.8 Å². The van der Waals surface area contributed by atoms with E-state index < -0.39 is 11.7 Å². The molecule has 2 aromatic rings. The highest BCUT2D eigenvalue weighted by molar-refractivity contribution is 6.37. The molecule has 3 rings (SSSR count). The Bertz CT molecular complexity index is 869. The Kier molecular flexibility index (Phi) is 5.22. The molecular weight excluding hydrogens is 369 g/mol. The van der Waals surface area contributed by atoms with Gasteiger partial charge in [-0.05, 0) is 35.6 Å². The maximum atomic E-state index is 12.7. The Morgan fingerprint density at radius 1 is 1.32 bits per heavy atom. The van der Waals surface area contributed by atoms with E-state index in [-0.39, 0.29) is 15.7 Å². The fourth-order valence-corrected chi connectivity index (χ4v) is 3.09. The van der Waals surface area contributed by atoms with Crippen molar-refractivity contribution in [3.63, 3.8) is 0 Å². The van der Waals surface area contributed by atoms with E-state index in [0.717, 1.165) is 10.4 Å². The van der Waals surface area contributed by atoms with E-state index in [2.05, 4.69) is 10.4 Å². The number of tetrazole rings is 1. The van der Waals surface area contributed by atoms with Gasteiger partial charge in [0.15, 0.2) is 0 Å². The lowest BCUT2D eigenvalue weighted by molar-refractivity contribution is 0.141. The van der Waals surface area contributed by atoms with Crippen molar-refractivity contribution in [2.45, 2.75) is 13.3 Å². The number of benzene rings is 1. The van der Waals surface area contributed by atoms with Crippen LogP contribution in [0.15, 0.2) is 34.8 Å². The highest BCUT2D eigenvalue weighted by atomic mass is 35.5. The van der Waals surface area contributed by atoms with Gasteiger partial charge in [0.05, 0.1) is 23.3 Å². The monoisotopic (exact) mass is 383 g/mol. The third kappa shape index (κ3) is 3.33. The second-order valence-electron chi connectivity index (χ2n) is 5.20. The molecule has 0 saturated heterocycles. The molecule has 132 valence electrons. The van der Waals surface area contributed by atoms with Gasteiger partial charge in [-0.1, -0.05) is 29.3 Å². The van der Waals surface area contributed by atoms with E-state index in [1.807, 2.05) is 13.0 Å². The van der Waals surface area contributed by atoms with E-state index in [1.165, 1.54) is 4.90 Å². The van der Waals surface area contributed by atoms with Crippen molar-refractivity contribution in [2.24, 2.45) is 0 Å². The molecule has 0 aliphatic carbocycles. The normalized spacial score (nSPS) is 14.3. The van der Waals surface area contributed by atoms with Gasteiger partial charge in [-0.25, -0.2) is 9.59 Å². The molecule has 10 heteroatoms. The minimum Gasteiger partial charge on any atom is -0.377 e. The lowest BCUT2D eigenvalue weighted by Gasteiger charge is -2.25. The third-order valence-electron chi connectivity index (χ3n) is 3.74. The van der Waals surface area contributed by atoms with Crippen LogP contribution < -0.4 is 5.69 Å². The molecule has 8 nitrogen and oxygen atoms in total. The fraction of sp³-hybridized carbons (Fsp3) is 0.333. The van der Waals surface area contributed by atoms with Gasteiger partial charge < -0.3 is 4.74 Å². The summed E-state index contributed by atoms with van der Waals surface area (Å²) in [6.07, 6.45) is 2.39. The molecule has 1 aliphatic rings. The van der Waals surface area contributed by atoms with Gasteiger partial charge in [-0.15, -0.1) is 4.68 Å². The zero-order valence-corrected chi connectivity index (χ0v) is 14.9. The molecule has 1 amide bonds. The first kappa shape index (κ1) is 17.7. The molecule has 1 aromatic heterocycles. The van der Waals surface area contributed by atoms with Gasteiger partial charge in [-0.3, -0.25) is 4.90 Å². The van der Waals surface area contributed by atoms with E-state index in [4.69, 9.17) is 27.9 Å². The number of carbonyl (C=O) groups is 1. The lowest BCUT2D eigenvalue weighted by Crippen LogP contribution is -2.41. The number of aromatic nitrogens is 4. The van der Waals surface area contributed by atoms with Crippen LogP contribution >= 0.6 is 23.2 Å². The smallest absolute Gasteiger partial charge is 0.377 e. The zero-order chi connectivity index (χ0) is 18.0. The summed E-state index contributed by atoms with van der Waals surface area (Å²) in [5, 5.41) is 7.90. The predicted molar refractivity (Wildman–Crippen MR) is 92.3 cm³/mol. The molecule has 0 bridgehead atoms. The summed E-state index contributed by atoms with van der Waals surface area (Å²) in [6.45, 7) is 3.15. The van der Waals surface area contributed by atoms with Gasteiger partial charge in [-0.2, -0.15) is 4.68 Å². The second kappa shape index (κ2) is 7.38. The van der Waals surface area contributed by atoms with E-state index >= 15 is 0 Å². The average molecular weight is 384 g/mol. The minimum atomic E-state index is -0.744. The van der Waals surface area contributed by atoms with Crippen LogP contribution in [0.1, 0.15) is 13.3 Å². The SMILES string of the molecule is CCN(C(=O)n1nnn(-c2c(Cl)cccc2Cl)c1=O)C1=CCOCC1. The number of para-hydroxylation sites is 1. The maximum absolute atomic E-state index is 12.7. The summed E-state index contributed by atoms with van der Waals surface area (Å²) in [5.74, 6) is 0. The third-order valence-corrected chi connectivity index (χ3v) is 4.35. The number of hydrogen-bond acceptors (Lipinski definition) is 5. The first-order valence-electron chi connectivity index (χ1n) is 7.62. The van der Waals surface area contributed by atoms with Crippen LogP contribution in [0, 0.1) is 0 Å². The number of hydrogen-bond donors (Lipinski definition) is 0. The van der Waals surface area contributed by atoms with Crippen molar-refractivity contribution in [1.29, 1.82) is 0 Å². The zero-order valence-electron chi connectivity index (χ0n) is 13.4. The lowest BCUT2D eigenvalue weighted by atomic mass is 10.2. The summed E-state index contributed by atoms with van der Waals surface area (Å²) in [7, 11) is 0. The molecular formula is C15H15Cl2N5O3. The van der Waals surface area contributed by atoms with Gasteiger partial charge in [0, 0.05) is 18.7 Å². The van der Waals surface area contributed by atoms with E-state index in [1.54, 1.807) is 18.2 Å². The second-order valence-corrected chi connectivity index (χ2v) is 6.02. The number of ether oxygens (including phenoxy) is 1. The topological polar surface area (TPSA) is 82.3 Å². The van der Waals surface area contributed by atoms with Crippen molar-refractivity contribution < 1.29 is 9.53 Å². The molecule has 0 fully saturated rings. The quantitative estimate of drug-likeness (QED) is 0.759. The molecule has 0 N–H and O–H groups in total. The van der Waals surface area contributed by atoms with Crippen LogP contribution in [0.4, 0.5) is 4.79 Å². The Morgan fingerprint density at radius 3 is 2.64 bits per heavy atom. The Hall–Kier alpha value is -2.16. The highest BCUT2D eigenvalue weighted by Gasteiger charge is 2.25. The maximum Gasteiger partial charge on any atom is 0.377 e. The Balaban J connectivity index is 1.99. The van der Waals surface area contributed by atoms with Crippen molar-refractivity contribution in [3.05, 3.63) is 50.5 Å². The van der Waals surface area contributed by atoms with Gasteiger partial charge in [0.2, 0.25) is 0 Å². The van der Waals surface area contributed by atoms with E-state index in [0.29, 0.717) is 30.9 Å². The molecule has 0 saturated carbocycles. The first-order chi connectivity index (χ1) is 12.0. The van der Waals surface area contributed by atoms with Crippen LogP contribution in [-0.4, -0.2) is 50.5 Å². The standard InChI is InChI=1S/C15H15Cl2N5O3/c1-2-20(10-6-8-25-9-7-10)14(23)22-15(24)21(18-19-22)13-11(16)4-3-5-12(13)17/h3-6H,2,7-9H2,1H3. The minimum absolute atomic E-state index is 0.184. The van der Waals surface area contributed by atoms with Crippen LogP contribution in [-0.2, 0) is 4.74 Å². The van der Waals surface area contributed by atoms with Gasteiger partial charge >= 0.3 is 11.7 Å². The Labute approximate surface area is 153 Å². The van der Waals surface area contributed by atoms with Crippen molar-refractivity contribution >= 4 is 29.2 Å². The highest BCUT2D eigenvalue weighted by Crippen LogP contribution is 2.26. The summed E-state index contributed by atoms with van der Waals surface area (Å²) in [5.41, 5.74) is 0.227. The average Bonchev–Trinajstić information content (AvgIpc) is 2.98. The molecule has 0 radical (unpaired) electrons. The molecule has 0 unspecified atom stereocenters. The number of carbonyl (C=O) groups excluding carboxylic acids is 1. The summed E-state index contributed by atoms with van der Waals surface area (Å²) >= 11 is 12.2. The largest absolute Gasteiger partial charge is 0.377 e. The van der Waals surface area contributed by atoms with Crippen LogP contribution in [0.25, 0.3) is 5.69 Å². The predicted octanol–water partition coefficient (Wildman–Crippen LogP) is 2.33. The van der Waals surface area contributed by atoms with E-state index in [9.17, 15) is 9.59 Å². The number of halogens is 2. The molecule has 0 atom stereocenters. The van der Waals surface area contributed by atoms with Crippen LogP contribution in [0.5, 0.6) is 0 Å². The Morgan fingerprint density at radius 2 is 2.04 bits per heavy atom. The number of rotatable bonds is 3. The first-order valence-corrected chi connectivity index (χ1v) is 8.38. The van der Waals surface area contributed by atoms with Crippen molar-refractivity contribution in [3.8, 4) is 5.69 Å². The molecule has 1 aromatic carbocycles. The molecule has 2 heterocycles. The summed E-state index contributed by atoms with van der Waals surface area (Å²) < 4.78 is 6.85. The van der Waals surface area contributed by atoms with Gasteiger partial charge in [0.25, 0.3) is 0 Å². The van der Waals surface area contributed by atoms with Crippen LogP contribution in [0.2, 0.25) is 10.0 Å². The number of amides is 1.